The molecule has 0 saturated carbocycles. The maximum atomic E-state index is 11.1. The van der Waals surface area contributed by atoms with E-state index in [2.05, 4.69) is 12.2 Å². The van der Waals surface area contributed by atoms with Crippen molar-refractivity contribution in [1.29, 1.82) is 0 Å². The van der Waals surface area contributed by atoms with Crippen LogP contribution in [0.3, 0.4) is 0 Å². The van der Waals surface area contributed by atoms with Gasteiger partial charge < -0.3 is 10.1 Å². The highest BCUT2D eigenvalue weighted by Gasteiger charge is 2.12. The number of carbonyl (C=O) groups is 1. The molecule has 7 nitrogen and oxygen atoms in total. The predicted molar refractivity (Wildman–Crippen MR) is 97.7 cm³/mol. The van der Waals surface area contributed by atoms with E-state index in [4.69, 9.17) is 14.9 Å². The highest BCUT2D eigenvalue weighted by atomic mass is 16.5. The van der Waals surface area contributed by atoms with E-state index in [0.29, 0.717) is 13.2 Å². The Morgan fingerprint density at radius 1 is 1.44 bits per heavy atom. The van der Waals surface area contributed by atoms with Gasteiger partial charge in [0.2, 0.25) is 0 Å². The van der Waals surface area contributed by atoms with Crippen LogP contribution in [0.25, 0.3) is 11.7 Å². The number of hydrogen-bond donors (Lipinski definition) is 3. The standard InChI is InChI=1S/C18H26N4O3/c1-3-4-5-6-15-18(19-10-12-25-2)22-11-9-14(13-16(22)20-15)7-8-17(23)21-24/h7-9,11,13,19,24H,3-6,10,12H2,1-2H3,(H,21,23). The van der Waals surface area contributed by atoms with Crippen molar-refractivity contribution in [2.75, 3.05) is 25.6 Å². The maximum absolute atomic E-state index is 11.1. The van der Waals surface area contributed by atoms with Crippen molar-refractivity contribution >= 4 is 23.4 Å². The molecule has 25 heavy (non-hydrogen) atoms. The summed E-state index contributed by atoms with van der Waals surface area (Å²) in [5.41, 5.74) is 4.27. The third-order valence-corrected chi connectivity index (χ3v) is 3.88. The third-order valence-electron chi connectivity index (χ3n) is 3.88. The number of hydrogen-bond acceptors (Lipinski definition) is 5. The van der Waals surface area contributed by atoms with Gasteiger partial charge in [-0.2, -0.15) is 0 Å². The lowest BCUT2D eigenvalue weighted by Gasteiger charge is -2.08. The normalized spacial score (nSPS) is 11.3. The fraction of sp³-hybridized carbons (Fsp3) is 0.444. The Morgan fingerprint density at radius 2 is 2.28 bits per heavy atom. The summed E-state index contributed by atoms with van der Waals surface area (Å²) >= 11 is 0. The first-order valence-electron chi connectivity index (χ1n) is 8.55. The Hall–Kier alpha value is -2.38. The van der Waals surface area contributed by atoms with Crippen molar-refractivity contribution in [3.63, 3.8) is 0 Å². The predicted octanol–water partition coefficient (Wildman–Crippen LogP) is 2.64. The molecule has 7 heteroatoms. The summed E-state index contributed by atoms with van der Waals surface area (Å²) in [6.07, 6.45) is 9.20. The molecule has 136 valence electrons. The summed E-state index contributed by atoms with van der Waals surface area (Å²) in [6.45, 7) is 3.52. The van der Waals surface area contributed by atoms with Crippen LogP contribution in [-0.4, -0.2) is 40.8 Å². The molecule has 2 aromatic rings. The molecule has 0 aliphatic rings. The third kappa shape index (κ3) is 5.30. The van der Waals surface area contributed by atoms with Gasteiger partial charge in [0.15, 0.2) is 0 Å². The summed E-state index contributed by atoms with van der Waals surface area (Å²) in [4.78, 5) is 15.9. The number of ether oxygens (including phenoxy) is 1. The Morgan fingerprint density at radius 3 is 3.00 bits per heavy atom. The van der Waals surface area contributed by atoms with Crippen LogP contribution in [-0.2, 0) is 16.0 Å². The Bertz CT molecular complexity index is 724. The number of aromatic nitrogens is 2. The van der Waals surface area contributed by atoms with Crippen LogP contribution in [0.1, 0.15) is 37.4 Å². The zero-order valence-corrected chi connectivity index (χ0v) is 14.8. The van der Waals surface area contributed by atoms with Gasteiger partial charge in [-0.1, -0.05) is 19.8 Å². The minimum Gasteiger partial charge on any atom is -0.383 e. The Kier molecular flexibility index (Phi) is 7.43. The number of rotatable bonds is 10. The van der Waals surface area contributed by atoms with E-state index >= 15 is 0 Å². The highest BCUT2D eigenvalue weighted by Crippen LogP contribution is 2.21. The number of nitrogens with one attached hydrogen (secondary N) is 2. The zero-order chi connectivity index (χ0) is 18.1. The van der Waals surface area contributed by atoms with Gasteiger partial charge in [0.25, 0.3) is 5.91 Å². The number of aryl methyl sites for hydroxylation is 1. The second-order valence-electron chi connectivity index (χ2n) is 5.78. The molecule has 2 rings (SSSR count). The molecule has 2 heterocycles. The van der Waals surface area contributed by atoms with Crippen LogP contribution in [0, 0.1) is 0 Å². The molecular formula is C18H26N4O3. The first-order valence-corrected chi connectivity index (χ1v) is 8.55. The molecule has 0 atom stereocenters. The topological polar surface area (TPSA) is 87.9 Å². The number of amides is 1. The van der Waals surface area contributed by atoms with Gasteiger partial charge in [-0.25, -0.2) is 10.5 Å². The molecule has 2 aromatic heterocycles. The van der Waals surface area contributed by atoms with E-state index in [1.807, 2.05) is 22.7 Å². The smallest absolute Gasteiger partial charge is 0.267 e. The van der Waals surface area contributed by atoms with Crippen LogP contribution in [0.2, 0.25) is 0 Å². The lowest BCUT2D eigenvalue weighted by Crippen LogP contribution is -2.14. The molecule has 0 unspecified atom stereocenters. The van der Waals surface area contributed by atoms with Crippen LogP contribution in [0.5, 0.6) is 0 Å². The second-order valence-corrected chi connectivity index (χ2v) is 5.78. The minimum absolute atomic E-state index is 0.564. The monoisotopic (exact) mass is 346 g/mol. The summed E-state index contributed by atoms with van der Waals surface area (Å²) < 4.78 is 7.13. The maximum Gasteiger partial charge on any atom is 0.267 e. The average molecular weight is 346 g/mol. The van der Waals surface area contributed by atoms with E-state index in [-0.39, 0.29) is 0 Å². The van der Waals surface area contributed by atoms with Gasteiger partial charge in [0, 0.05) is 25.9 Å². The number of imidazole rings is 1. The van der Waals surface area contributed by atoms with Gasteiger partial charge in [0.1, 0.15) is 11.5 Å². The first kappa shape index (κ1) is 19.0. The summed E-state index contributed by atoms with van der Waals surface area (Å²) in [6, 6.07) is 3.80. The van der Waals surface area contributed by atoms with Crippen molar-refractivity contribution in [2.45, 2.75) is 32.6 Å². The van der Waals surface area contributed by atoms with Gasteiger partial charge in [-0.15, -0.1) is 0 Å². The number of nitrogens with zero attached hydrogens (tertiary/aromatic N) is 2. The van der Waals surface area contributed by atoms with Crippen LogP contribution < -0.4 is 10.8 Å². The molecule has 0 fully saturated rings. The van der Waals surface area contributed by atoms with Gasteiger partial charge in [-0.05, 0) is 36.6 Å². The van der Waals surface area contributed by atoms with E-state index in [0.717, 1.165) is 35.6 Å². The first-order chi connectivity index (χ1) is 12.2. The van der Waals surface area contributed by atoms with E-state index < -0.39 is 5.91 Å². The average Bonchev–Trinajstić information content (AvgIpc) is 2.97. The number of anilines is 1. The van der Waals surface area contributed by atoms with Crippen molar-refractivity contribution in [1.82, 2.24) is 14.9 Å². The molecule has 0 aliphatic heterocycles. The molecule has 0 aliphatic carbocycles. The quantitative estimate of drug-likeness (QED) is 0.266. The van der Waals surface area contributed by atoms with Crippen molar-refractivity contribution in [3.8, 4) is 0 Å². The number of fused-ring (bicyclic) bond motifs is 1. The van der Waals surface area contributed by atoms with Crippen molar-refractivity contribution in [2.24, 2.45) is 0 Å². The largest absolute Gasteiger partial charge is 0.383 e. The van der Waals surface area contributed by atoms with Gasteiger partial charge in [-0.3, -0.25) is 14.4 Å². The highest BCUT2D eigenvalue weighted by molar-refractivity contribution is 5.90. The summed E-state index contributed by atoms with van der Waals surface area (Å²) in [5, 5.41) is 11.9. The number of unbranched alkanes of at least 4 members (excludes halogenated alkanes) is 2. The zero-order valence-electron chi connectivity index (χ0n) is 14.8. The molecule has 0 bridgehead atoms. The van der Waals surface area contributed by atoms with E-state index in [1.54, 1.807) is 18.7 Å². The lowest BCUT2D eigenvalue weighted by molar-refractivity contribution is -0.124. The molecule has 3 N–H and O–H groups in total. The van der Waals surface area contributed by atoms with Crippen molar-refractivity contribution in [3.05, 3.63) is 35.7 Å². The number of methoxy groups -OCH3 is 1. The van der Waals surface area contributed by atoms with Crippen LogP contribution in [0.4, 0.5) is 5.82 Å². The number of hydroxylamine groups is 1. The van der Waals surface area contributed by atoms with Gasteiger partial charge in [0.05, 0.1) is 12.3 Å². The molecule has 0 saturated heterocycles. The fourth-order valence-electron chi connectivity index (χ4n) is 2.60. The number of pyridine rings is 1. The lowest BCUT2D eigenvalue weighted by atomic mass is 10.1. The Labute approximate surface area is 147 Å². The van der Waals surface area contributed by atoms with Gasteiger partial charge >= 0.3 is 0 Å². The fourth-order valence-corrected chi connectivity index (χ4v) is 2.60. The SMILES string of the molecule is CCCCCc1nc2cc(C=CC(=O)NO)ccn2c1NCCOC. The Balaban J connectivity index is 2.28. The molecular weight excluding hydrogens is 320 g/mol. The van der Waals surface area contributed by atoms with E-state index in [1.165, 1.54) is 18.9 Å². The second kappa shape index (κ2) is 9.80. The van der Waals surface area contributed by atoms with Crippen molar-refractivity contribution < 1.29 is 14.7 Å². The molecule has 0 aromatic carbocycles. The molecule has 0 spiro atoms. The molecule has 0 radical (unpaired) electrons. The number of carbonyl (C=O) groups excluding carboxylic acids is 1. The van der Waals surface area contributed by atoms with Crippen LogP contribution in [0.15, 0.2) is 24.4 Å². The molecule has 1 amide bonds. The summed E-state index contributed by atoms with van der Waals surface area (Å²) in [5.74, 6) is 0.428. The van der Waals surface area contributed by atoms with Crippen LogP contribution >= 0.6 is 0 Å². The summed E-state index contributed by atoms with van der Waals surface area (Å²) in [7, 11) is 1.68. The minimum atomic E-state index is -0.564. The van der Waals surface area contributed by atoms with E-state index in [9.17, 15) is 4.79 Å².